The second-order valence-corrected chi connectivity index (χ2v) is 6.53. The average molecular weight is 388 g/mol. The number of amides is 1. The summed E-state index contributed by atoms with van der Waals surface area (Å²) in [6, 6.07) is 4.58. The molecule has 1 saturated heterocycles. The molecule has 2 rings (SSSR count). The van der Waals surface area contributed by atoms with Gasteiger partial charge in [0.25, 0.3) is 0 Å². The summed E-state index contributed by atoms with van der Waals surface area (Å²) >= 11 is 0. The fourth-order valence-corrected chi connectivity index (χ4v) is 3.06. The first kappa shape index (κ1) is 21.0. The van der Waals surface area contributed by atoms with E-state index in [1.807, 2.05) is 6.92 Å². The molecule has 0 radical (unpaired) electrons. The minimum absolute atomic E-state index is 0.123. The van der Waals surface area contributed by atoms with Gasteiger partial charge in [-0.05, 0) is 44.0 Å². The Balaban J connectivity index is 2.11. The van der Waals surface area contributed by atoms with Crippen LogP contribution in [0.3, 0.4) is 0 Å². The molecule has 0 bridgehead atoms. The molecule has 1 unspecified atom stereocenters. The molecule has 0 aromatic heterocycles. The largest absolute Gasteiger partial charge is 0.573 e. The smallest absolute Gasteiger partial charge is 0.469 e. The number of esters is 1. The van der Waals surface area contributed by atoms with Gasteiger partial charge in [-0.1, -0.05) is 12.1 Å². The zero-order valence-electron chi connectivity index (χ0n) is 15.1. The van der Waals surface area contributed by atoms with Crippen molar-refractivity contribution in [3.63, 3.8) is 0 Å². The second-order valence-electron chi connectivity index (χ2n) is 6.53. The average Bonchev–Trinajstić information content (AvgIpc) is 2.60. The Morgan fingerprint density at radius 2 is 1.96 bits per heavy atom. The number of carbonyl (C=O) groups excluding carboxylic acids is 2. The highest BCUT2D eigenvalue weighted by Crippen LogP contribution is 2.26. The predicted molar refractivity (Wildman–Crippen MR) is 90.8 cm³/mol. The van der Waals surface area contributed by atoms with Crippen LogP contribution in [0.5, 0.6) is 5.75 Å². The summed E-state index contributed by atoms with van der Waals surface area (Å²) in [4.78, 5) is 24.3. The molecule has 0 saturated carbocycles. The van der Waals surface area contributed by atoms with Crippen molar-refractivity contribution in [3.8, 4) is 5.75 Å². The van der Waals surface area contributed by atoms with E-state index in [9.17, 15) is 22.8 Å². The Morgan fingerprint density at radius 3 is 2.52 bits per heavy atom. The van der Waals surface area contributed by atoms with Gasteiger partial charge >= 0.3 is 12.3 Å². The van der Waals surface area contributed by atoms with Gasteiger partial charge in [0.2, 0.25) is 5.91 Å². The fraction of sp³-hybridized carbons (Fsp3) is 0.556. The van der Waals surface area contributed by atoms with E-state index in [0.29, 0.717) is 18.4 Å². The molecular formula is C18H23F3N2O4. The van der Waals surface area contributed by atoms with Crippen molar-refractivity contribution >= 4 is 11.9 Å². The molecule has 1 fully saturated rings. The lowest BCUT2D eigenvalue weighted by molar-refractivity contribution is -0.274. The summed E-state index contributed by atoms with van der Waals surface area (Å²) in [6.07, 6.45) is -3.55. The third kappa shape index (κ3) is 6.74. The number of rotatable bonds is 6. The lowest BCUT2D eigenvalue weighted by Gasteiger charge is -2.29. The summed E-state index contributed by atoms with van der Waals surface area (Å²) in [7, 11) is 1.23. The van der Waals surface area contributed by atoms with E-state index in [2.05, 4.69) is 20.1 Å². The molecule has 2 N–H and O–H groups in total. The van der Waals surface area contributed by atoms with Crippen LogP contribution in [0.25, 0.3) is 0 Å². The second kappa shape index (κ2) is 9.07. The molecule has 0 spiro atoms. The number of halogens is 3. The Labute approximate surface area is 155 Å². The predicted octanol–water partition coefficient (Wildman–Crippen LogP) is 2.69. The minimum atomic E-state index is -4.78. The van der Waals surface area contributed by atoms with Crippen LogP contribution in [0, 0.1) is 5.92 Å². The molecule has 0 aliphatic carbocycles. The van der Waals surface area contributed by atoms with Crippen molar-refractivity contribution in [2.75, 3.05) is 13.7 Å². The minimum Gasteiger partial charge on any atom is -0.469 e. The van der Waals surface area contributed by atoms with Crippen LogP contribution >= 0.6 is 0 Å². The van der Waals surface area contributed by atoms with Crippen LogP contribution in [-0.2, 0) is 14.3 Å². The number of alkyl halides is 3. The number of nitrogens with one attached hydrogen (secondary N) is 2. The van der Waals surface area contributed by atoms with Crippen molar-refractivity contribution < 1.29 is 32.2 Å². The molecular weight excluding hydrogens is 365 g/mol. The number of benzene rings is 1. The normalized spacial score (nSPS) is 21.2. The number of ether oxygens (including phenoxy) is 2. The monoisotopic (exact) mass is 388 g/mol. The van der Waals surface area contributed by atoms with E-state index in [1.165, 1.54) is 19.2 Å². The van der Waals surface area contributed by atoms with Crippen LogP contribution in [0.1, 0.15) is 37.8 Å². The van der Waals surface area contributed by atoms with Gasteiger partial charge in [-0.15, -0.1) is 13.2 Å². The zero-order valence-corrected chi connectivity index (χ0v) is 15.1. The van der Waals surface area contributed by atoms with Crippen molar-refractivity contribution in [3.05, 3.63) is 29.8 Å². The summed E-state index contributed by atoms with van der Waals surface area (Å²) in [5, 5.41) is 6.08. The molecule has 1 aromatic rings. The highest BCUT2D eigenvalue weighted by atomic mass is 19.4. The Bertz CT molecular complexity index is 649. The van der Waals surface area contributed by atoms with E-state index >= 15 is 0 Å². The van der Waals surface area contributed by atoms with Gasteiger partial charge in [0.1, 0.15) is 5.75 Å². The first-order chi connectivity index (χ1) is 12.7. The number of carbonyl (C=O) groups is 2. The number of hydrogen-bond acceptors (Lipinski definition) is 5. The number of hydrogen-bond donors (Lipinski definition) is 2. The third-order valence-corrected chi connectivity index (χ3v) is 4.43. The molecule has 3 atom stereocenters. The van der Waals surface area contributed by atoms with E-state index in [4.69, 9.17) is 0 Å². The fourth-order valence-electron chi connectivity index (χ4n) is 3.06. The van der Waals surface area contributed by atoms with E-state index in [-0.39, 0.29) is 30.0 Å². The van der Waals surface area contributed by atoms with Gasteiger partial charge in [-0.3, -0.25) is 9.59 Å². The van der Waals surface area contributed by atoms with Crippen LogP contribution in [0.2, 0.25) is 0 Å². The Morgan fingerprint density at radius 1 is 1.30 bits per heavy atom. The lowest BCUT2D eigenvalue weighted by Crippen LogP contribution is -2.43. The topological polar surface area (TPSA) is 76.7 Å². The standard InChI is InChI=1S/C18H23F3N2O4/c1-11-9-13(7-8-22-11)17(25)23-15(10-16(24)26-2)12-3-5-14(6-4-12)27-18(19,20)21/h3-6,11,13,15,22H,7-10H2,1-2H3,(H,23,25)/t11-,13-,15?/m0/s1. The van der Waals surface area contributed by atoms with Crippen molar-refractivity contribution in [2.24, 2.45) is 5.92 Å². The molecule has 1 aromatic carbocycles. The van der Waals surface area contributed by atoms with E-state index in [1.54, 1.807) is 0 Å². The van der Waals surface area contributed by atoms with Gasteiger partial charge in [0.05, 0.1) is 19.6 Å². The molecule has 1 aliphatic heterocycles. The van der Waals surface area contributed by atoms with Gasteiger partial charge < -0.3 is 20.1 Å². The molecule has 6 nitrogen and oxygen atoms in total. The summed E-state index contributed by atoms with van der Waals surface area (Å²) < 4.78 is 45.3. The van der Waals surface area contributed by atoms with Gasteiger partial charge in [0.15, 0.2) is 0 Å². The molecule has 9 heteroatoms. The molecule has 1 heterocycles. The number of methoxy groups -OCH3 is 1. The molecule has 150 valence electrons. The summed E-state index contributed by atoms with van der Waals surface area (Å²) in [5.41, 5.74) is 0.491. The molecule has 1 aliphatic rings. The van der Waals surface area contributed by atoms with Gasteiger partial charge in [0, 0.05) is 12.0 Å². The van der Waals surface area contributed by atoms with Crippen molar-refractivity contribution in [2.45, 2.75) is 44.6 Å². The van der Waals surface area contributed by atoms with Gasteiger partial charge in [-0.25, -0.2) is 0 Å². The highest BCUT2D eigenvalue weighted by molar-refractivity contribution is 5.80. The van der Waals surface area contributed by atoms with Crippen molar-refractivity contribution in [1.82, 2.24) is 10.6 Å². The van der Waals surface area contributed by atoms with Crippen LogP contribution in [0.15, 0.2) is 24.3 Å². The van der Waals surface area contributed by atoms with E-state index in [0.717, 1.165) is 18.7 Å². The maximum atomic E-state index is 12.6. The molecule has 1 amide bonds. The summed E-state index contributed by atoms with van der Waals surface area (Å²) in [6.45, 7) is 2.72. The highest BCUT2D eigenvalue weighted by Gasteiger charge is 2.31. The summed E-state index contributed by atoms with van der Waals surface area (Å²) in [5.74, 6) is -1.28. The lowest BCUT2D eigenvalue weighted by atomic mass is 9.91. The SMILES string of the molecule is COC(=O)CC(NC(=O)[C@H]1CCN[C@@H](C)C1)c1ccc(OC(F)(F)F)cc1. The zero-order chi connectivity index (χ0) is 20.0. The van der Waals surface area contributed by atoms with Crippen LogP contribution < -0.4 is 15.4 Å². The Hall–Kier alpha value is -2.29. The van der Waals surface area contributed by atoms with Gasteiger partial charge in [-0.2, -0.15) is 0 Å². The quantitative estimate of drug-likeness (QED) is 0.733. The van der Waals surface area contributed by atoms with Crippen LogP contribution in [0.4, 0.5) is 13.2 Å². The first-order valence-electron chi connectivity index (χ1n) is 8.64. The van der Waals surface area contributed by atoms with E-state index < -0.39 is 18.4 Å². The maximum absolute atomic E-state index is 12.6. The third-order valence-electron chi connectivity index (χ3n) is 4.43. The first-order valence-corrected chi connectivity index (χ1v) is 8.64. The van der Waals surface area contributed by atoms with Crippen LogP contribution in [-0.4, -0.2) is 37.9 Å². The Kier molecular flexibility index (Phi) is 7.06. The van der Waals surface area contributed by atoms with Crippen molar-refractivity contribution in [1.29, 1.82) is 0 Å². The molecule has 27 heavy (non-hydrogen) atoms. The number of piperidine rings is 1. The maximum Gasteiger partial charge on any atom is 0.573 e.